The second-order valence-corrected chi connectivity index (χ2v) is 8.63. The summed E-state index contributed by atoms with van der Waals surface area (Å²) in [7, 11) is 1.79. The Balaban J connectivity index is 1.82. The Morgan fingerprint density at radius 2 is 2.00 bits per heavy atom. The van der Waals surface area contributed by atoms with Crippen LogP contribution in [0.15, 0.2) is 59.9 Å². The molecule has 3 heterocycles. The minimum atomic E-state index is -0.596. The number of pyridine rings is 1. The Morgan fingerprint density at radius 1 is 1.27 bits per heavy atom. The molecular weight excluding hydrogens is 400 g/mol. The van der Waals surface area contributed by atoms with Crippen molar-refractivity contribution in [3.8, 4) is 0 Å². The molecule has 0 spiro atoms. The van der Waals surface area contributed by atoms with E-state index in [4.69, 9.17) is 11.6 Å². The third-order valence-electron chi connectivity index (χ3n) is 6.04. The second-order valence-electron chi connectivity index (χ2n) is 8.19. The first-order valence-electron chi connectivity index (χ1n) is 10.0. The Morgan fingerprint density at radius 3 is 2.70 bits per heavy atom. The van der Waals surface area contributed by atoms with Gasteiger partial charge >= 0.3 is 0 Å². The van der Waals surface area contributed by atoms with Gasteiger partial charge in [0.05, 0.1) is 23.2 Å². The number of hydrogen-bond donors (Lipinski definition) is 1. The first-order chi connectivity index (χ1) is 14.3. The van der Waals surface area contributed by atoms with Gasteiger partial charge in [-0.25, -0.2) is 0 Å². The second kappa shape index (κ2) is 7.76. The standard InChI is InChI=1S/C23H25ClN4O2/c1-23(2)21-19(22(30)27(23)3)20(17-14-16(24)9-10-25-17)28(12-11-26-21)18(29)13-15-7-5-4-6-8-15/h4-10,14,20,26H,11-13H2,1-3H3. The summed E-state index contributed by atoms with van der Waals surface area (Å²) in [6, 6.07) is 12.5. The molecule has 0 fully saturated rings. The summed E-state index contributed by atoms with van der Waals surface area (Å²) in [5, 5.41) is 3.94. The zero-order valence-electron chi connectivity index (χ0n) is 17.4. The molecule has 30 heavy (non-hydrogen) atoms. The van der Waals surface area contributed by atoms with Crippen LogP contribution in [-0.2, 0) is 16.0 Å². The summed E-state index contributed by atoms with van der Waals surface area (Å²) in [6.45, 7) is 5.03. The smallest absolute Gasteiger partial charge is 0.254 e. The number of rotatable bonds is 3. The van der Waals surface area contributed by atoms with Gasteiger partial charge in [-0.3, -0.25) is 14.6 Å². The molecule has 1 aromatic heterocycles. The SMILES string of the molecule is CN1C(=O)C2=C(NCCN(C(=O)Cc3ccccc3)C2c2cc(Cl)ccn2)C1(C)C. The molecule has 2 aliphatic rings. The van der Waals surface area contributed by atoms with E-state index in [0.717, 1.165) is 11.3 Å². The number of nitrogens with zero attached hydrogens (tertiary/aromatic N) is 3. The molecule has 0 radical (unpaired) electrons. The van der Waals surface area contributed by atoms with Gasteiger partial charge in [0.1, 0.15) is 6.04 Å². The Kier molecular flexibility index (Phi) is 5.28. The van der Waals surface area contributed by atoms with Gasteiger partial charge in [0, 0.05) is 37.1 Å². The van der Waals surface area contributed by atoms with Gasteiger partial charge in [-0.05, 0) is 31.5 Å². The highest BCUT2D eigenvalue weighted by atomic mass is 35.5. The van der Waals surface area contributed by atoms with Crippen molar-refractivity contribution >= 4 is 23.4 Å². The Bertz CT molecular complexity index is 1020. The van der Waals surface area contributed by atoms with Crippen LogP contribution in [0.5, 0.6) is 0 Å². The summed E-state index contributed by atoms with van der Waals surface area (Å²) in [4.78, 5) is 34.7. The highest BCUT2D eigenvalue weighted by Crippen LogP contribution is 2.42. The van der Waals surface area contributed by atoms with Gasteiger partial charge in [0.25, 0.3) is 5.91 Å². The molecule has 0 bridgehead atoms. The third-order valence-corrected chi connectivity index (χ3v) is 6.27. The van der Waals surface area contributed by atoms with Crippen molar-refractivity contribution in [2.75, 3.05) is 20.1 Å². The van der Waals surface area contributed by atoms with Crippen LogP contribution in [0.25, 0.3) is 0 Å². The number of amides is 2. The molecule has 1 N–H and O–H groups in total. The zero-order valence-corrected chi connectivity index (χ0v) is 18.1. The first kappa shape index (κ1) is 20.4. The van der Waals surface area contributed by atoms with Crippen molar-refractivity contribution in [3.05, 3.63) is 76.2 Å². The van der Waals surface area contributed by atoms with E-state index in [-0.39, 0.29) is 18.2 Å². The molecule has 2 aliphatic heterocycles. The van der Waals surface area contributed by atoms with Crippen molar-refractivity contribution in [3.63, 3.8) is 0 Å². The van der Waals surface area contributed by atoms with Crippen molar-refractivity contribution in [2.45, 2.75) is 31.8 Å². The van der Waals surface area contributed by atoms with Crippen LogP contribution in [-0.4, -0.2) is 52.3 Å². The van der Waals surface area contributed by atoms with E-state index in [2.05, 4.69) is 10.3 Å². The molecule has 2 aromatic rings. The predicted octanol–water partition coefficient (Wildman–Crippen LogP) is 2.96. The maximum Gasteiger partial charge on any atom is 0.254 e. The topological polar surface area (TPSA) is 65.5 Å². The molecule has 0 aliphatic carbocycles. The minimum absolute atomic E-state index is 0.0521. The molecule has 7 heteroatoms. The van der Waals surface area contributed by atoms with Crippen molar-refractivity contribution in [1.82, 2.24) is 20.1 Å². The number of aromatic nitrogens is 1. The van der Waals surface area contributed by atoms with Gasteiger partial charge < -0.3 is 15.1 Å². The zero-order chi connectivity index (χ0) is 21.5. The fourth-order valence-corrected chi connectivity index (χ4v) is 4.38. The third kappa shape index (κ3) is 3.45. The number of benzene rings is 1. The molecule has 0 saturated carbocycles. The highest BCUT2D eigenvalue weighted by molar-refractivity contribution is 6.30. The van der Waals surface area contributed by atoms with Gasteiger partial charge in [-0.1, -0.05) is 41.9 Å². The summed E-state index contributed by atoms with van der Waals surface area (Å²) in [5.74, 6) is -0.155. The van der Waals surface area contributed by atoms with Crippen LogP contribution in [0.3, 0.4) is 0 Å². The highest BCUT2D eigenvalue weighted by Gasteiger charge is 2.49. The molecule has 1 aromatic carbocycles. The first-order valence-corrected chi connectivity index (χ1v) is 10.4. The molecule has 6 nitrogen and oxygen atoms in total. The Hall–Kier alpha value is -2.86. The Labute approximate surface area is 181 Å². The van der Waals surface area contributed by atoms with E-state index >= 15 is 0 Å². The number of nitrogens with one attached hydrogen (secondary N) is 1. The fraction of sp³-hybridized carbons (Fsp3) is 0.348. The van der Waals surface area contributed by atoms with Gasteiger partial charge in [0.2, 0.25) is 5.91 Å². The monoisotopic (exact) mass is 424 g/mol. The van der Waals surface area contributed by atoms with E-state index in [1.54, 1.807) is 35.2 Å². The number of carbonyl (C=O) groups is 2. The summed E-state index contributed by atoms with van der Waals surface area (Å²) >= 11 is 6.26. The molecule has 1 atom stereocenters. The van der Waals surface area contributed by atoms with E-state index in [1.807, 2.05) is 44.2 Å². The largest absolute Gasteiger partial charge is 0.384 e. The maximum absolute atomic E-state index is 13.4. The number of carbonyl (C=O) groups excluding carboxylic acids is 2. The molecule has 4 rings (SSSR count). The maximum atomic E-state index is 13.4. The lowest BCUT2D eigenvalue weighted by Gasteiger charge is -2.33. The van der Waals surface area contributed by atoms with Crippen LogP contribution in [0.4, 0.5) is 0 Å². The van der Waals surface area contributed by atoms with E-state index < -0.39 is 11.6 Å². The van der Waals surface area contributed by atoms with Crippen LogP contribution >= 0.6 is 11.6 Å². The average Bonchev–Trinajstić information content (AvgIpc) is 2.87. The molecule has 0 saturated heterocycles. The minimum Gasteiger partial charge on any atom is -0.384 e. The summed E-state index contributed by atoms with van der Waals surface area (Å²) < 4.78 is 0. The van der Waals surface area contributed by atoms with E-state index in [1.165, 1.54) is 0 Å². The van der Waals surface area contributed by atoms with Crippen LogP contribution < -0.4 is 5.32 Å². The number of hydrogen-bond acceptors (Lipinski definition) is 4. The van der Waals surface area contributed by atoms with Crippen LogP contribution in [0.2, 0.25) is 5.02 Å². The fourth-order valence-electron chi connectivity index (χ4n) is 4.21. The van der Waals surface area contributed by atoms with Crippen LogP contribution in [0.1, 0.15) is 31.1 Å². The summed E-state index contributed by atoms with van der Waals surface area (Å²) in [6.07, 6.45) is 1.87. The lowest BCUT2D eigenvalue weighted by atomic mass is 9.95. The van der Waals surface area contributed by atoms with E-state index in [9.17, 15) is 9.59 Å². The summed E-state index contributed by atoms with van der Waals surface area (Å²) in [5.41, 5.74) is 2.44. The molecule has 2 amide bonds. The predicted molar refractivity (Wildman–Crippen MR) is 116 cm³/mol. The van der Waals surface area contributed by atoms with Gasteiger partial charge in [-0.15, -0.1) is 0 Å². The number of halogens is 1. The van der Waals surface area contributed by atoms with Crippen molar-refractivity contribution in [1.29, 1.82) is 0 Å². The number of likely N-dealkylation sites (N-methyl/N-ethyl adjacent to an activating group) is 1. The lowest BCUT2D eigenvalue weighted by molar-refractivity contribution is -0.133. The average molecular weight is 425 g/mol. The molecule has 1 unspecified atom stereocenters. The van der Waals surface area contributed by atoms with Crippen LogP contribution in [0, 0.1) is 0 Å². The quantitative estimate of drug-likeness (QED) is 0.822. The van der Waals surface area contributed by atoms with Crippen molar-refractivity contribution < 1.29 is 9.59 Å². The molecular formula is C23H25ClN4O2. The van der Waals surface area contributed by atoms with E-state index in [0.29, 0.717) is 29.4 Å². The van der Waals surface area contributed by atoms with Gasteiger partial charge in [0.15, 0.2) is 0 Å². The normalized spacial score (nSPS) is 20.7. The molecule has 156 valence electrons. The van der Waals surface area contributed by atoms with Crippen molar-refractivity contribution in [2.24, 2.45) is 0 Å². The van der Waals surface area contributed by atoms with Gasteiger partial charge in [-0.2, -0.15) is 0 Å². The lowest BCUT2D eigenvalue weighted by Crippen LogP contribution is -2.46.